The first-order chi connectivity index (χ1) is 8.09. The summed E-state index contributed by atoms with van der Waals surface area (Å²) in [6.45, 7) is 1.14. The van der Waals surface area contributed by atoms with Crippen LogP contribution in [0.1, 0.15) is 11.6 Å². The van der Waals surface area contributed by atoms with Crippen LogP contribution < -0.4 is 0 Å². The molecule has 1 amide bonds. The quantitative estimate of drug-likeness (QED) is 0.865. The van der Waals surface area contributed by atoms with Gasteiger partial charge in [0.1, 0.15) is 0 Å². The molecule has 0 radical (unpaired) electrons. The van der Waals surface area contributed by atoms with Gasteiger partial charge in [0, 0.05) is 16.0 Å². The number of carboxylic acid groups (broad SMARTS) is 1. The highest BCUT2D eigenvalue weighted by atomic mass is 79.9. The molecule has 1 saturated heterocycles. The van der Waals surface area contributed by atoms with Gasteiger partial charge in [-0.15, -0.1) is 0 Å². The predicted molar refractivity (Wildman–Crippen MR) is 67.4 cm³/mol. The van der Waals surface area contributed by atoms with E-state index in [9.17, 15) is 4.79 Å². The van der Waals surface area contributed by atoms with Crippen molar-refractivity contribution in [3.63, 3.8) is 0 Å². The Bertz CT molecular complexity index is 441. The van der Waals surface area contributed by atoms with E-state index in [1.807, 2.05) is 12.1 Å². The second kappa shape index (κ2) is 5.25. The van der Waals surface area contributed by atoms with Crippen LogP contribution in [0.15, 0.2) is 22.7 Å². The number of ether oxygens (including phenoxy) is 1. The van der Waals surface area contributed by atoms with E-state index in [0.717, 1.165) is 10.0 Å². The molecule has 4 nitrogen and oxygen atoms in total. The molecule has 92 valence electrons. The molecule has 0 saturated carbocycles. The van der Waals surface area contributed by atoms with E-state index < -0.39 is 6.09 Å². The molecule has 0 bridgehead atoms. The van der Waals surface area contributed by atoms with Gasteiger partial charge in [0.15, 0.2) is 0 Å². The first-order valence-corrected chi connectivity index (χ1v) is 6.29. The Labute approximate surface area is 112 Å². The zero-order chi connectivity index (χ0) is 12.4. The van der Waals surface area contributed by atoms with Gasteiger partial charge in [-0.2, -0.15) is 0 Å². The van der Waals surface area contributed by atoms with Gasteiger partial charge >= 0.3 is 6.09 Å². The molecular weight excluding hydrogens is 309 g/mol. The van der Waals surface area contributed by atoms with E-state index in [4.69, 9.17) is 21.4 Å². The molecule has 1 N–H and O–H groups in total. The van der Waals surface area contributed by atoms with Crippen LogP contribution in [0.25, 0.3) is 0 Å². The Kier molecular flexibility index (Phi) is 3.91. The number of amides is 1. The van der Waals surface area contributed by atoms with Gasteiger partial charge < -0.3 is 9.84 Å². The molecule has 1 aliphatic heterocycles. The largest absolute Gasteiger partial charge is 0.465 e. The Balaban J connectivity index is 2.32. The summed E-state index contributed by atoms with van der Waals surface area (Å²) in [7, 11) is 0. The molecule has 1 aliphatic rings. The Hall–Kier alpha value is -0.780. The van der Waals surface area contributed by atoms with E-state index in [2.05, 4.69) is 15.9 Å². The number of halogens is 2. The number of benzene rings is 1. The van der Waals surface area contributed by atoms with Crippen molar-refractivity contribution in [3.05, 3.63) is 33.3 Å². The minimum absolute atomic E-state index is 0.332. The molecule has 1 atom stereocenters. The standard InChI is InChI=1S/C11H11BrClNO3/c12-7-1-2-8(9(13)5-7)10-6-17-4-3-14(10)11(15)16/h1-2,5,10H,3-4,6H2,(H,15,16). The van der Waals surface area contributed by atoms with Gasteiger partial charge in [0.25, 0.3) is 0 Å². The predicted octanol–water partition coefficient (Wildman–Crippen LogP) is 3.15. The third-order valence-corrected chi connectivity index (χ3v) is 3.52. The average Bonchev–Trinajstić information content (AvgIpc) is 2.29. The third-order valence-electron chi connectivity index (χ3n) is 2.70. The van der Waals surface area contributed by atoms with Crippen molar-refractivity contribution in [3.8, 4) is 0 Å². The zero-order valence-corrected chi connectivity index (χ0v) is 11.2. The van der Waals surface area contributed by atoms with Gasteiger partial charge in [0.2, 0.25) is 0 Å². The van der Waals surface area contributed by atoms with Crippen molar-refractivity contribution in [2.24, 2.45) is 0 Å². The second-order valence-corrected chi connectivity index (χ2v) is 5.06. The highest BCUT2D eigenvalue weighted by molar-refractivity contribution is 9.10. The molecule has 0 aliphatic carbocycles. The molecule has 6 heteroatoms. The number of hydrogen-bond donors (Lipinski definition) is 1. The van der Waals surface area contributed by atoms with Crippen molar-refractivity contribution in [2.75, 3.05) is 19.8 Å². The molecule has 0 spiro atoms. The SMILES string of the molecule is O=C(O)N1CCOCC1c1ccc(Br)cc1Cl. The van der Waals surface area contributed by atoms with E-state index >= 15 is 0 Å². The van der Waals surface area contributed by atoms with Crippen molar-refractivity contribution in [1.82, 2.24) is 4.90 Å². The molecule has 1 heterocycles. The summed E-state index contributed by atoms with van der Waals surface area (Å²) in [5.41, 5.74) is 0.775. The van der Waals surface area contributed by atoms with E-state index in [-0.39, 0.29) is 6.04 Å². The van der Waals surface area contributed by atoms with Crippen LogP contribution in [0.2, 0.25) is 5.02 Å². The highest BCUT2D eigenvalue weighted by Gasteiger charge is 2.29. The van der Waals surface area contributed by atoms with E-state index in [1.165, 1.54) is 4.90 Å². The summed E-state index contributed by atoms with van der Waals surface area (Å²) in [5.74, 6) is 0. The summed E-state index contributed by atoms with van der Waals surface area (Å²) in [4.78, 5) is 12.5. The molecule has 1 unspecified atom stereocenters. The lowest BCUT2D eigenvalue weighted by Crippen LogP contribution is -2.42. The Morgan fingerprint density at radius 1 is 1.59 bits per heavy atom. The van der Waals surface area contributed by atoms with Gasteiger partial charge in [0.05, 0.1) is 19.3 Å². The first-order valence-electron chi connectivity index (χ1n) is 5.12. The topological polar surface area (TPSA) is 49.8 Å². The summed E-state index contributed by atoms with van der Waals surface area (Å²) >= 11 is 9.45. The van der Waals surface area contributed by atoms with Crippen LogP contribution in [0.4, 0.5) is 4.79 Å². The highest BCUT2D eigenvalue weighted by Crippen LogP contribution is 2.31. The molecule has 1 aromatic rings. The molecule has 1 aromatic carbocycles. The molecule has 17 heavy (non-hydrogen) atoms. The van der Waals surface area contributed by atoms with Crippen LogP contribution in [-0.2, 0) is 4.74 Å². The van der Waals surface area contributed by atoms with Gasteiger partial charge in [-0.25, -0.2) is 4.79 Å². The summed E-state index contributed by atoms with van der Waals surface area (Å²) in [6, 6.07) is 5.09. The second-order valence-electron chi connectivity index (χ2n) is 3.73. The van der Waals surface area contributed by atoms with Crippen LogP contribution in [0.5, 0.6) is 0 Å². The lowest BCUT2D eigenvalue weighted by atomic mass is 10.1. The van der Waals surface area contributed by atoms with Crippen LogP contribution in [-0.4, -0.2) is 35.9 Å². The molecule has 0 aromatic heterocycles. The van der Waals surface area contributed by atoms with Crippen LogP contribution in [0, 0.1) is 0 Å². The van der Waals surface area contributed by atoms with Crippen molar-refractivity contribution < 1.29 is 14.6 Å². The third kappa shape index (κ3) is 2.73. The zero-order valence-electron chi connectivity index (χ0n) is 8.90. The van der Waals surface area contributed by atoms with Crippen molar-refractivity contribution in [2.45, 2.75) is 6.04 Å². The fourth-order valence-corrected chi connectivity index (χ4v) is 2.66. The smallest absolute Gasteiger partial charge is 0.407 e. The Morgan fingerprint density at radius 3 is 3.00 bits per heavy atom. The Morgan fingerprint density at radius 2 is 2.35 bits per heavy atom. The van der Waals surface area contributed by atoms with Gasteiger partial charge in [-0.1, -0.05) is 33.6 Å². The van der Waals surface area contributed by atoms with Gasteiger partial charge in [-0.05, 0) is 17.7 Å². The average molecular weight is 321 g/mol. The lowest BCUT2D eigenvalue weighted by Gasteiger charge is -2.34. The molecule has 1 fully saturated rings. The fraction of sp³-hybridized carbons (Fsp3) is 0.364. The summed E-state index contributed by atoms with van der Waals surface area (Å²) in [5, 5.41) is 9.68. The maximum absolute atomic E-state index is 11.1. The molecule has 2 rings (SSSR count). The van der Waals surface area contributed by atoms with Crippen molar-refractivity contribution >= 4 is 33.6 Å². The number of morpholine rings is 1. The normalized spacial score (nSPS) is 20.4. The maximum atomic E-state index is 11.1. The number of carbonyl (C=O) groups is 1. The maximum Gasteiger partial charge on any atom is 0.407 e. The molecular formula is C11H11BrClNO3. The minimum atomic E-state index is -0.947. The van der Waals surface area contributed by atoms with E-state index in [1.54, 1.807) is 6.07 Å². The lowest BCUT2D eigenvalue weighted by molar-refractivity contribution is -0.000864. The number of hydrogen-bond acceptors (Lipinski definition) is 2. The van der Waals surface area contributed by atoms with Crippen LogP contribution >= 0.6 is 27.5 Å². The summed E-state index contributed by atoms with van der Waals surface area (Å²) in [6.07, 6.45) is -0.947. The van der Waals surface area contributed by atoms with E-state index in [0.29, 0.717) is 24.8 Å². The van der Waals surface area contributed by atoms with Crippen molar-refractivity contribution in [1.29, 1.82) is 0 Å². The summed E-state index contributed by atoms with van der Waals surface area (Å²) < 4.78 is 6.19. The fourth-order valence-electron chi connectivity index (χ4n) is 1.86. The minimum Gasteiger partial charge on any atom is -0.465 e. The van der Waals surface area contributed by atoms with Gasteiger partial charge in [-0.3, -0.25) is 4.90 Å². The first kappa shape index (κ1) is 12.7. The number of rotatable bonds is 1. The van der Waals surface area contributed by atoms with Crippen LogP contribution in [0.3, 0.4) is 0 Å². The monoisotopic (exact) mass is 319 g/mol. The number of nitrogens with zero attached hydrogens (tertiary/aromatic N) is 1.